The zero-order valence-corrected chi connectivity index (χ0v) is 11.9. The molecule has 0 aromatic heterocycles. The van der Waals surface area contributed by atoms with Gasteiger partial charge in [-0.2, -0.15) is 13.2 Å². The third kappa shape index (κ3) is 4.12. The fraction of sp³-hybridized carbons (Fsp3) is 0.533. The molecular formula is C15H19F3N2O. The Bertz CT molecular complexity index is 514. The van der Waals surface area contributed by atoms with Gasteiger partial charge in [-0.3, -0.25) is 0 Å². The van der Waals surface area contributed by atoms with Crippen LogP contribution in [0.1, 0.15) is 43.2 Å². The predicted octanol–water partition coefficient (Wildman–Crippen LogP) is 3.69. The normalized spacial score (nSPS) is 20.0. The first-order valence-electron chi connectivity index (χ1n) is 7.03. The van der Waals surface area contributed by atoms with Gasteiger partial charge < -0.3 is 10.5 Å². The Kier molecular flexibility index (Phi) is 4.75. The molecule has 2 atom stereocenters. The highest BCUT2D eigenvalue weighted by atomic mass is 19.4. The molecule has 0 bridgehead atoms. The predicted molar refractivity (Wildman–Crippen MR) is 75.1 cm³/mol. The van der Waals surface area contributed by atoms with E-state index in [1.807, 2.05) is 6.92 Å². The molecule has 6 heteroatoms. The molecule has 0 fully saturated rings. The van der Waals surface area contributed by atoms with E-state index in [1.165, 1.54) is 12.1 Å². The second-order valence-corrected chi connectivity index (χ2v) is 5.24. The number of benzene rings is 1. The Hall–Kier alpha value is -1.72. The number of rotatable bonds is 5. The van der Waals surface area contributed by atoms with Crippen LogP contribution in [0.4, 0.5) is 13.2 Å². The molecule has 0 saturated carbocycles. The lowest BCUT2D eigenvalue weighted by molar-refractivity contribution is -0.137. The molecule has 116 valence electrons. The lowest BCUT2D eigenvalue weighted by Crippen LogP contribution is -2.11. The van der Waals surface area contributed by atoms with Crippen molar-refractivity contribution in [3.8, 4) is 0 Å². The van der Waals surface area contributed by atoms with E-state index in [4.69, 9.17) is 10.5 Å². The number of aliphatic imine (C=N–C) groups is 1. The summed E-state index contributed by atoms with van der Waals surface area (Å²) in [5, 5.41) is 0. The van der Waals surface area contributed by atoms with Crippen molar-refractivity contribution < 1.29 is 17.9 Å². The summed E-state index contributed by atoms with van der Waals surface area (Å²) in [6, 6.07) is 5.79. The van der Waals surface area contributed by atoms with Crippen LogP contribution in [0, 0.1) is 0 Å². The summed E-state index contributed by atoms with van der Waals surface area (Å²) < 4.78 is 43.4. The van der Waals surface area contributed by atoms with Crippen molar-refractivity contribution in [1.29, 1.82) is 0 Å². The summed E-state index contributed by atoms with van der Waals surface area (Å²) in [5.41, 5.74) is 5.58. The first kappa shape index (κ1) is 15.7. The van der Waals surface area contributed by atoms with Crippen molar-refractivity contribution in [2.24, 2.45) is 10.7 Å². The number of ether oxygens (including phenoxy) is 1. The largest absolute Gasteiger partial charge is 0.463 e. The molecule has 3 nitrogen and oxygen atoms in total. The third-order valence-electron chi connectivity index (χ3n) is 3.76. The van der Waals surface area contributed by atoms with Gasteiger partial charge in [-0.25, -0.2) is 4.99 Å². The molecular weight excluding hydrogens is 281 g/mol. The molecule has 1 aliphatic rings. The smallest absolute Gasteiger partial charge is 0.416 e. The standard InChI is InChI=1S/C15H19F3N2O/c1-2-10(6-7-13-9-21-14(19)20-13)11-4-3-5-12(8-11)15(16,17)18/h3-5,8,10,13H,2,6-7,9H2,1H3,(H2,19,20)/t10?,13-/m0/s1. The van der Waals surface area contributed by atoms with Gasteiger partial charge in [-0.1, -0.05) is 25.1 Å². The van der Waals surface area contributed by atoms with Gasteiger partial charge in [0.15, 0.2) is 0 Å². The fourth-order valence-electron chi connectivity index (χ4n) is 2.55. The maximum Gasteiger partial charge on any atom is 0.416 e. The van der Waals surface area contributed by atoms with E-state index in [1.54, 1.807) is 6.07 Å². The fourth-order valence-corrected chi connectivity index (χ4v) is 2.55. The quantitative estimate of drug-likeness (QED) is 0.901. The molecule has 21 heavy (non-hydrogen) atoms. The zero-order chi connectivity index (χ0) is 15.5. The van der Waals surface area contributed by atoms with Crippen molar-refractivity contribution in [3.63, 3.8) is 0 Å². The van der Waals surface area contributed by atoms with E-state index in [9.17, 15) is 13.2 Å². The topological polar surface area (TPSA) is 47.6 Å². The third-order valence-corrected chi connectivity index (χ3v) is 3.76. The molecule has 1 aromatic carbocycles. The Labute approximate surface area is 122 Å². The lowest BCUT2D eigenvalue weighted by Gasteiger charge is -2.18. The van der Waals surface area contributed by atoms with Crippen LogP contribution >= 0.6 is 0 Å². The molecule has 0 saturated heterocycles. The van der Waals surface area contributed by atoms with Crippen molar-refractivity contribution >= 4 is 6.02 Å². The molecule has 0 aliphatic carbocycles. The molecule has 2 N–H and O–H groups in total. The summed E-state index contributed by atoms with van der Waals surface area (Å²) in [6.07, 6.45) is -1.99. The highest BCUT2D eigenvalue weighted by molar-refractivity contribution is 5.72. The number of hydrogen-bond donors (Lipinski definition) is 1. The Morgan fingerprint density at radius 1 is 1.43 bits per heavy atom. The molecule has 1 unspecified atom stereocenters. The number of nitrogens with two attached hydrogens (primary N) is 1. The van der Waals surface area contributed by atoms with Crippen LogP contribution in [-0.2, 0) is 10.9 Å². The highest BCUT2D eigenvalue weighted by Crippen LogP contribution is 2.33. The Balaban J connectivity index is 2.03. The van der Waals surface area contributed by atoms with Gasteiger partial charge in [0.25, 0.3) is 6.02 Å². The van der Waals surface area contributed by atoms with Gasteiger partial charge in [0.1, 0.15) is 6.61 Å². The maximum atomic E-state index is 12.8. The second kappa shape index (κ2) is 6.37. The van der Waals surface area contributed by atoms with Gasteiger partial charge >= 0.3 is 6.18 Å². The van der Waals surface area contributed by atoms with Crippen LogP contribution in [0.3, 0.4) is 0 Å². The number of amidine groups is 1. The van der Waals surface area contributed by atoms with E-state index in [-0.39, 0.29) is 18.0 Å². The average molecular weight is 300 g/mol. The number of alkyl halides is 3. The van der Waals surface area contributed by atoms with E-state index >= 15 is 0 Å². The van der Waals surface area contributed by atoms with Crippen LogP contribution in [-0.4, -0.2) is 18.7 Å². The van der Waals surface area contributed by atoms with E-state index in [0.29, 0.717) is 6.61 Å². The SMILES string of the molecule is CCC(CC[C@H]1COC(N)=N1)c1cccc(C(F)(F)F)c1. The van der Waals surface area contributed by atoms with Crippen molar-refractivity contribution in [1.82, 2.24) is 0 Å². The molecule has 1 aromatic rings. The number of hydrogen-bond acceptors (Lipinski definition) is 3. The maximum absolute atomic E-state index is 12.8. The van der Waals surface area contributed by atoms with Gasteiger partial charge in [0.05, 0.1) is 11.6 Å². The molecule has 2 rings (SSSR count). The Morgan fingerprint density at radius 3 is 2.76 bits per heavy atom. The van der Waals surface area contributed by atoms with Crippen molar-refractivity contribution in [2.75, 3.05) is 6.61 Å². The minimum Gasteiger partial charge on any atom is -0.463 e. The summed E-state index contributed by atoms with van der Waals surface area (Å²) in [4.78, 5) is 4.14. The first-order chi connectivity index (χ1) is 9.90. The molecule has 1 heterocycles. The highest BCUT2D eigenvalue weighted by Gasteiger charge is 2.31. The number of nitrogens with zero attached hydrogens (tertiary/aromatic N) is 1. The molecule has 0 amide bonds. The molecule has 0 radical (unpaired) electrons. The van der Waals surface area contributed by atoms with Crippen LogP contribution in [0.15, 0.2) is 29.3 Å². The van der Waals surface area contributed by atoms with Gasteiger partial charge in [-0.15, -0.1) is 0 Å². The van der Waals surface area contributed by atoms with Gasteiger partial charge in [0, 0.05) is 0 Å². The van der Waals surface area contributed by atoms with Crippen LogP contribution in [0.2, 0.25) is 0 Å². The van der Waals surface area contributed by atoms with Gasteiger partial charge in [0.2, 0.25) is 0 Å². The van der Waals surface area contributed by atoms with E-state index in [0.717, 1.165) is 30.9 Å². The van der Waals surface area contributed by atoms with Crippen LogP contribution < -0.4 is 5.73 Å². The van der Waals surface area contributed by atoms with Crippen LogP contribution in [0.5, 0.6) is 0 Å². The zero-order valence-electron chi connectivity index (χ0n) is 11.9. The van der Waals surface area contributed by atoms with E-state index in [2.05, 4.69) is 4.99 Å². The molecule has 0 spiro atoms. The summed E-state index contributed by atoms with van der Waals surface area (Å²) in [5.74, 6) is 0.0873. The monoisotopic (exact) mass is 300 g/mol. The lowest BCUT2D eigenvalue weighted by atomic mass is 9.89. The second-order valence-electron chi connectivity index (χ2n) is 5.24. The summed E-state index contributed by atoms with van der Waals surface area (Å²) >= 11 is 0. The van der Waals surface area contributed by atoms with E-state index < -0.39 is 11.7 Å². The Morgan fingerprint density at radius 2 is 2.19 bits per heavy atom. The first-order valence-corrected chi connectivity index (χ1v) is 7.03. The molecule has 1 aliphatic heterocycles. The number of halogens is 3. The summed E-state index contributed by atoms with van der Waals surface area (Å²) in [6.45, 7) is 2.44. The minimum atomic E-state index is -4.30. The van der Waals surface area contributed by atoms with Gasteiger partial charge in [-0.05, 0) is 36.8 Å². The van der Waals surface area contributed by atoms with Crippen LogP contribution in [0.25, 0.3) is 0 Å². The van der Waals surface area contributed by atoms with Crippen molar-refractivity contribution in [2.45, 2.75) is 44.3 Å². The van der Waals surface area contributed by atoms with Crippen molar-refractivity contribution in [3.05, 3.63) is 35.4 Å². The average Bonchev–Trinajstić information content (AvgIpc) is 2.85. The minimum absolute atomic E-state index is 0.0184. The summed E-state index contributed by atoms with van der Waals surface area (Å²) in [7, 11) is 0.